The Kier molecular flexibility index (Phi) is 2.54. The van der Waals surface area contributed by atoms with Gasteiger partial charge in [0.15, 0.2) is 0 Å². The fourth-order valence-electron chi connectivity index (χ4n) is 2.65. The minimum atomic E-state index is 1.07. The number of hydrogen-bond donors (Lipinski definition) is 0. The number of hydrogen-bond acceptors (Lipinski definition) is 2. The van der Waals surface area contributed by atoms with Gasteiger partial charge in [-0.1, -0.05) is 13.0 Å². The lowest BCUT2D eigenvalue weighted by Crippen LogP contribution is -2.21. The van der Waals surface area contributed by atoms with Gasteiger partial charge in [0, 0.05) is 20.1 Å². The van der Waals surface area contributed by atoms with E-state index >= 15 is 0 Å². The average molecular weight is 229 g/mol. The molecule has 3 heteroatoms. The monoisotopic (exact) mass is 229 g/mol. The van der Waals surface area contributed by atoms with E-state index in [-0.39, 0.29) is 0 Å². The summed E-state index contributed by atoms with van der Waals surface area (Å²) in [6.07, 6.45) is 3.67. The molecule has 2 aromatic rings. The summed E-state index contributed by atoms with van der Waals surface area (Å²) in [4.78, 5) is 7.19. The smallest absolute Gasteiger partial charge is 0.206 e. The third-order valence-electron chi connectivity index (χ3n) is 3.72. The zero-order chi connectivity index (χ0) is 11.8. The molecular weight excluding hydrogens is 210 g/mol. The van der Waals surface area contributed by atoms with Gasteiger partial charge in [-0.3, -0.25) is 0 Å². The molecule has 3 rings (SSSR count). The van der Waals surface area contributed by atoms with E-state index < -0.39 is 0 Å². The molecule has 90 valence electrons. The van der Waals surface area contributed by atoms with E-state index in [1.165, 1.54) is 23.9 Å². The minimum Gasteiger partial charge on any atom is -0.342 e. The standard InChI is InChI=1S/C14H19N3/c1-3-11-6-7-13-12(10-11)15-14(16(13)2)17-8-4-5-9-17/h6-7,10H,3-5,8-9H2,1-2H3. The summed E-state index contributed by atoms with van der Waals surface area (Å²) in [6.45, 7) is 4.49. The maximum atomic E-state index is 4.79. The second kappa shape index (κ2) is 4.06. The van der Waals surface area contributed by atoms with Crippen molar-refractivity contribution in [2.24, 2.45) is 7.05 Å². The van der Waals surface area contributed by atoms with Gasteiger partial charge in [0.2, 0.25) is 5.95 Å². The molecule has 1 aromatic heterocycles. The van der Waals surface area contributed by atoms with Crippen molar-refractivity contribution in [1.29, 1.82) is 0 Å². The Morgan fingerprint density at radius 3 is 2.71 bits per heavy atom. The van der Waals surface area contributed by atoms with Crippen molar-refractivity contribution >= 4 is 17.0 Å². The van der Waals surface area contributed by atoms with Crippen LogP contribution in [0.3, 0.4) is 0 Å². The second-order valence-electron chi connectivity index (χ2n) is 4.84. The highest BCUT2D eigenvalue weighted by molar-refractivity contribution is 5.79. The van der Waals surface area contributed by atoms with Crippen LogP contribution in [0.15, 0.2) is 18.2 Å². The molecule has 2 heterocycles. The summed E-state index contributed by atoms with van der Waals surface area (Å²) in [5, 5.41) is 0. The quantitative estimate of drug-likeness (QED) is 0.789. The Labute approximate surface area is 102 Å². The molecule has 0 amide bonds. The maximum Gasteiger partial charge on any atom is 0.206 e. The third kappa shape index (κ3) is 1.70. The predicted molar refractivity (Wildman–Crippen MR) is 71.5 cm³/mol. The van der Waals surface area contributed by atoms with Crippen molar-refractivity contribution < 1.29 is 0 Å². The second-order valence-corrected chi connectivity index (χ2v) is 4.84. The van der Waals surface area contributed by atoms with Crippen molar-refractivity contribution in [3.63, 3.8) is 0 Å². The molecular formula is C14H19N3. The zero-order valence-corrected chi connectivity index (χ0v) is 10.6. The van der Waals surface area contributed by atoms with E-state index in [9.17, 15) is 0 Å². The molecule has 0 aliphatic carbocycles. The largest absolute Gasteiger partial charge is 0.342 e. The fraction of sp³-hybridized carbons (Fsp3) is 0.500. The lowest BCUT2D eigenvalue weighted by Gasteiger charge is -2.15. The summed E-state index contributed by atoms with van der Waals surface area (Å²) in [5.74, 6) is 1.13. The number of fused-ring (bicyclic) bond motifs is 1. The highest BCUT2D eigenvalue weighted by Crippen LogP contribution is 2.24. The number of aryl methyl sites for hydroxylation is 2. The zero-order valence-electron chi connectivity index (χ0n) is 10.6. The molecule has 1 aliphatic rings. The summed E-state index contributed by atoms with van der Waals surface area (Å²) in [6, 6.07) is 6.62. The van der Waals surface area contributed by atoms with Gasteiger partial charge in [0.25, 0.3) is 0 Å². The summed E-state index contributed by atoms with van der Waals surface area (Å²) >= 11 is 0. The molecule has 0 atom stereocenters. The molecule has 3 nitrogen and oxygen atoms in total. The predicted octanol–water partition coefficient (Wildman–Crippen LogP) is 2.74. The van der Waals surface area contributed by atoms with E-state index in [2.05, 4.69) is 41.6 Å². The van der Waals surface area contributed by atoms with Crippen LogP contribution >= 0.6 is 0 Å². The molecule has 1 saturated heterocycles. The molecule has 1 aliphatic heterocycles. The number of nitrogens with zero attached hydrogens (tertiary/aromatic N) is 3. The highest BCUT2D eigenvalue weighted by atomic mass is 15.3. The van der Waals surface area contributed by atoms with Gasteiger partial charge in [0.1, 0.15) is 0 Å². The van der Waals surface area contributed by atoms with E-state index in [0.29, 0.717) is 0 Å². The number of benzene rings is 1. The SMILES string of the molecule is CCc1ccc2c(c1)nc(N1CCCC1)n2C. The van der Waals surface area contributed by atoms with Gasteiger partial charge in [-0.05, 0) is 37.0 Å². The average Bonchev–Trinajstić information content (AvgIpc) is 2.97. The topological polar surface area (TPSA) is 21.1 Å². The molecule has 0 bridgehead atoms. The lowest BCUT2D eigenvalue weighted by atomic mass is 10.1. The van der Waals surface area contributed by atoms with Crippen LogP contribution in [0.2, 0.25) is 0 Å². The first-order valence-corrected chi connectivity index (χ1v) is 6.50. The van der Waals surface area contributed by atoms with E-state index in [0.717, 1.165) is 31.0 Å². The molecule has 1 fully saturated rings. The van der Waals surface area contributed by atoms with Crippen LogP contribution in [0, 0.1) is 0 Å². The first kappa shape index (κ1) is 10.6. The van der Waals surface area contributed by atoms with Crippen molar-refractivity contribution in [2.45, 2.75) is 26.2 Å². The Morgan fingerprint density at radius 2 is 2.00 bits per heavy atom. The van der Waals surface area contributed by atoms with Crippen LogP contribution in [0.5, 0.6) is 0 Å². The first-order valence-electron chi connectivity index (χ1n) is 6.50. The normalized spacial score (nSPS) is 16.0. The van der Waals surface area contributed by atoms with Crippen LogP contribution in [0.1, 0.15) is 25.3 Å². The van der Waals surface area contributed by atoms with E-state index in [1.54, 1.807) is 0 Å². The maximum absolute atomic E-state index is 4.79. The van der Waals surface area contributed by atoms with Crippen LogP contribution in [-0.2, 0) is 13.5 Å². The summed E-state index contributed by atoms with van der Waals surface area (Å²) < 4.78 is 2.22. The summed E-state index contributed by atoms with van der Waals surface area (Å²) in [5.41, 5.74) is 3.74. The van der Waals surface area contributed by atoms with Crippen LogP contribution in [-0.4, -0.2) is 22.6 Å². The van der Waals surface area contributed by atoms with Crippen LogP contribution in [0.4, 0.5) is 5.95 Å². The number of anilines is 1. The van der Waals surface area contributed by atoms with E-state index in [1.807, 2.05) is 0 Å². The Morgan fingerprint density at radius 1 is 1.24 bits per heavy atom. The van der Waals surface area contributed by atoms with Gasteiger partial charge in [-0.25, -0.2) is 4.98 Å². The van der Waals surface area contributed by atoms with Crippen molar-refractivity contribution in [3.05, 3.63) is 23.8 Å². The highest BCUT2D eigenvalue weighted by Gasteiger charge is 2.18. The minimum absolute atomic E-state index is 1.07. The third-order valence-corrected chi connectivity index (χ3v) is 3.72. The molecule has 0 unspecified atom stereocenters. The van der Waals surface area contributed by atoms with Crippen molar-refractivity contribution in [3.8, 4) is 0 Å². The molecule has 1 aromatic carbocycles. The molecule has 0 radical (unpaired) electrons. The van der Waals surface area contributed by atoms with Crippen molar-refractivity contribution in [2.75, 3.05) is 18.0 Å². The molecule has 0 saturated carbocycles. The van der Waals surface area contributed by atoms with Gasteiger partial charge < -0.3 is 9.47 Å². The first-order chi connectivity index (χ1) is 8.29. The Bertz CT molecular complexity index is 536. The van der Waals surface area contributed by atoms with Crippen LogP contribution in [0.25, 0.3) is 11.0 Å². The summed E-state index contributed by atoms with van der Waals surface area (Å²) in [7, 11) is 2.12. The van der Waals surface area contributed by atoms with Gasteiger partial charge in [-0.15, -0.1) is 0 Å². The Hall–Kier alpha value is -1.51. The molecule has 0 spiro atoms. The van der Waals surface area contributed by atoms with Gasteiger partial charge >= 0.3 is 0 Å². The van der Waals surface area contributed by atoms with E-state index in [4.69, 9.17) is 4.98 Å². The fourth-order valence-corrected chi connectivity index (χ4v) is 2.65. The Balaban J connectivity index is 2.10. The number of rotatable bonds is 2. The van der Waals surface area contributed by atoms with Gasteiger partial charge in [-0.2, -0.15) is 0 Å². The molecule has 0 N–H and O–H groups in total. The number of imidazole rings is 1. The number of aromatic nitrogens is 2. The molecule has 17 heavy (non-hydrogen) atoms. The van der Waals surface area contributed by atoms with Crippen LogP contribution < -0.4 is 4.90 Å². The van der Waals surface area contributed by atoms with Crippen molar-refractivity contribution in [1.82, 2.24) is 9.55 Å². The lowest BCUT2D eigenvalue weighted by molar-refractivity contribution is 0.837. The van der Waals surface area contributed by atoms with Gasteiger partial charge in [0.05, 0.1) is 11.0 Å².